The Balaban J connectivity index is 1.18. The predicted molar refractivity (Wildman–Crippen MR) is 213 cm³/mol. The lowest BCUT2D eigenvalue weighted by molar-refractivity contribution is 0.477. The molecule has 5 heteroatoms. The van der Waals surface area contributed by atoms with Crippen LogP contribution in [0.4, 0.5) is 28.4 Å². The highest BCUT2D eigenvalue weighted by molar-refractivity contribution is 6.74. The van der Waals surface area contributed by atoms with Crippen molar-refractivity contribution in [2.75, 3.05) is 10.2 Å². The van der Waals surface area contributed by atoms with E-state index < -0.39 is 0 Å². The van der Waals surface area contributed by atoms with Crippen molar-refractivity contribution in [2.45, 2.75) is 0 Å². The number of nitrogens with zero attached hydrogens (tertiary/aromatic N) is 1. The largest absolute Gasteiger partial charge is 0.454 e. The third-order valence-electron chi connectivity index (χ3n) is 10.4. The van der Waals surface area contributed by atoms with Crippen LogP contribution in [0.1, 0.15) is 0 Å². The van der Waals surface area contributed by atoms with Gasteiger partial charge in [0.2, 0.25) is 0 Å². The van der Waals surface area contributed by atoms with Crippen LogP contribution in [0.3, 0.4) is 0 Å². The molecule has 0 spiro atoms. The fourth-order valence-corrected chi connectivity index (χ4v) is 8.07. The van der Waals surface area contributed by atoms with Crippen LogP contribution in [0.2, 0.25) is 0 Å². The van der Waals surface area contributed by atoms with Crippen molar-refractivity contribution in [1.82, 2.24) is 0 Å². The number of rotatable bonds is 4. The number of furan rings is 1. The predicted octanol–water partition coefficient (Wildman–Crippen LogP) is 11.1. The molecule has 8 aromatic carbocycles. The van der Waals surface area contributed by atoms with Crippen LogP contribution in [-0.4, -0.2) is 7.28 Å². The number of hydrogen-bond acceptors (Lipinski definition) is 4. The minimum atomic E-state index is 0.737. The summed E-state index contributed by atoms with van der Waals surface area (Å²) in [5.74, 6) is 1.69. The summed E-state index contributed by atoms with van der Waals surface area (Å²) in [7, 11) is 0.737. The van der Waals surface area contributed by atoms with E-state index in [1.807, 2.05) is 18.2 Å². The van der Waals surface area contributed by atoms with E-state index in [0.29, 0.717) is 0 Å². The van der Waals surface area contributed by atoms with Crippen molar-refractivity contribution < 1.29 is 9.15 Å². The first-order chi connectivity index (χ1) is 25.3. The molecule has 9 aromatic rings. The van der Waals surface area contributed by atoms with E-state index in [9.17, 15) is 0 Å². The first-order valence-electron chi connectivity index (χ1n) is 17.4. The van der Waals surface area contributed by atoms with Gasteiger partial charge < -0.3 is 19.4 Å². The van der Waals surface area contributed by atoms with Gasteiger partial charge in [-0.05, 0) is 87.5 Å². The normalized spacial score (nSPS) is 12.6. The van der Waals surface area contributed by atoms with Crippen LogP contribution in [0, 0.1) is 0 Å². The summed E-state index contributed by atoms with van der Waals surface area (Å²) in [4.78, 5) is 2.38. The highest BCUT2D eigenvalue weighted by atomic mass is 16.5. The Bertz CT molecular complexity index is 2840. The molecule has 238 valence electrons. The second-order valence-corrected chi connectivity index (χ2v) is 13.4. The van der Waals surface area contributed by atoms with Gasteiger partial charge in [0.05, 0.1) is 17.1 Å². The summed E-state index contributed by atoms with van der Waals surface area (Å²) < 4.78 is 13.3. The Labute approximate surface area is 295 Å². The van der Waals surface area contributed by atoms with Gasteiger partial charge in [-0.15, -0.1) is 0 Å². The lowest BCUT2D eigenvalue weighted by atomic mass is 9.57. The van der Waals surface area contributed by atoms with Gasteiger partial charge in [-0.1, -0.05) is 115 Å². The number of fused-ring (bicyclic) bond motifs is 9. The summed E-state index contributed by atoms with van der Waals surface area (Å²) in [6, 6.07) is 57.9. The summed E-state index contributed by atoms with van der Waals surface area (Å²) >= 11 is 0. The topological polar surface area (TPSA) is 37.6 Å². The van der Waals surface area contributed by atoms with E-state index in [-0.39, 0.29) is 0 Å². The molecule has 2 aliphatic heterocycles. The molecule has 0 atom stereocenters. The second kappa shape index (κ2) is 10.9. The molecule has 11 rings (SSSR count). The van der Waals surface area contributed by atoms with Crippen molar-refractivity contribution in [3.8, 4) is 33.8 Å². The van der Waals surface area contributed by atoms with E-state index in [1.165, 1.54) is 38.4 Å². The molecule has 4 nitrogen and oxygen atoms in total. The lowest BCUT2D eigenvalue weighted by Crippen LogP contribution is -2.42. The molecule has 0 fully saturated rings. The first kappa shape index (κ1) is 28.2. The number of anilines is 5. The summed E-state index contributed by atoms with van der Waals surface area (Å²) in [5.41, 5.74) is 14.2. The zero-order valence-corrected chi connectivity index (χ0v) is 27.6. The summed E-state index contributed by atoms with van der Waals surface area (Å²) in [5, 5.41) is 8.42. The van der Waals surface area contributed by atoms with Gasteiger partial charge in [0, 0.05) is 27.7 Å². The highest BCUT2D eigenvalue weighted by Crippen LogP contribution is 2.53. The second-order valence-electron chi connectivity index (χ2n) is 13.4. The molecule has 0 saturated carbocycles. The molecule has 3 heterocycles. The van der Waals surface area contributed by atoms with Crippen LogP contribution in [0.25, 0.3) is 55.0 Å². The number of benzene rings is 8. The molecule has 0 aliphatic carbocycles. The number of ether oxygens (including phenoxy) is 1. The molecule has 1 aromatic heterocycles. The van der Waals surface area contributed by atoms with E-state index in [1.54, 1.807) is 0 Å². The number of para-hydroxylation sites is 4. The fraction of sp³-hybridized carbons (Fsp3) is 0. The quantitative estimate of drug-likeness (QED) is 0.192. The SMILES string of the molecule is B1c2cccc3c2N(c2ccccc2O3)c2c1c(-c1cc3ccccc3cc1Nc1ccc(-c3ccccc3)cc1)cc1c2oc2ccccc21. The van der Waals surface area contributed by atoms with Gasteiger partial charge >= 0.3 is 0 Å². The van der Waals surface area contributed by atoms with Crippen LogP contribution in [-0.2, 0) is 0 Å². The molecule has 0 saturated heterocycles. The average molecular weight is 653 g/mol. The molecule has 51 heavy (non-hydrogen) atoms. The molecule has 0 amide bonds. The maximum atomic E-state index is 6.81. The van der Waals surface area contributed by atoms with Gasteiger partial charge in [0.15, 0.2) is 24.4 Å². The molecule has 1 N–H and O–H groups in total. The van der Waals surface area contributed by atoms with Crippen molar-refractivity contribution in [1.29, 1.82) is 0 Å². The maximum absolute atomic E-state index is 6.81. The van der Waals surface area contributed by atoms with E-state index in [2.05, 4.69) is 156 Å². The number of hydrogen-bond donors (Lipinski definition) is 1. The Morgan fingerprint density at radius 1 is 0.529 bits per heavy atom. The van der Waals surface area contributed by atoms with Crippen LogP contribution in [0.5, 0.6) is 11.5 Å². The molecular formula is C46H29BN2O2. The van der Waals surface area contributed by atoms with Gasteiger partial charge in [0.25, 0.3) is 0 Å². The van der Waals surface area contributed by atoms with Crippen LogP contribution >= 0.6 is 0 Å². The van der Waals surface area contributed by atoms with Gasteiger partial charge in [-0.2, -0.15) is 0 Å². The Morgan fingerprint density at radius 2 is 1.25 bits per heavy atom. The van der Waals surface area contributed by atoms with Crippen LogP contribution in [0.15, 0.2) is 168 Å². The Morgan fingerprint density at radius 3 is 2.14 bits per heavy atom. The average Bonchev–Trinajstić information content (AvgIpc) is 3.56. The standard InChI is InChI=1S/C46H29BN2O2/c1-2-11-28(12-3-1)29-21-23-32(24-22-29)48-38-26-31-14-5-4-13-30(31)25-34(38)35-27-36-33-15-6-8-18-40(33)51-46(36)45-43(35)47-37-16-10-20-42-44(37)49(45)39-17-7-9-19-41(39)50-42/h1-27,47-48H. The number of nitrogens with one attached hydrogen (secondary N) is 1. The van der Waals surface area contributed by atoms with Crippen molar-refractivity contribution in [3.63, 3.8) is 0 Å². The third-order valence-corrected chi connectivity index (χ3v) is 10.4. The minimum Gasteiger partial charge on any atom is -0.454 e. The zero-order valence-electron chi connectivity index (χ0n) is 27.6. The summed E-state index contributed by atoms with van der Waals surface area (Å²) in [6.45, 7) is 0. The Kier molecular flexibility index (Phi) is 6.01. The van der Waals surface area contributed by atoms with Gasteiger partial charge in [-0.3, -0.25) is 0 Å². The van der Waals surface area contributed by atoms with Crippen molar-refractivity contribution >= 4 is 79.4 Å². The molecule has 0 bridgehead atoms. The van der Waals surface area contributed by atoms with Gasteiger partial charge in [-0.25, -0.2) is 0 Å². The minimum absolute atomic E-state index is 0.737. The smallest absolute Gasteiger partial charge is 0.198 e. The van der Waals surface area contributed by atoms with Gasteiger partial charge in [0.1, 0.15) is 5.58 Å². The third kappa shape index (κ3) is 4.35. The van der Waals surface area contributed by atoms with E-state index in [4.69, 9.17) is 9.15 Å². The molecule has 0 radical (unpaired) electrons. The Hall–Kier alpha value is -6.72. The maximum Gasteiger partial charge on any atom is 0.198 e. The van der Waals surface area contributed by atoms with Crippen molar-refractivity contribution in [3.05, 3.63) is 164 Å². The lowest BCUT2D eigenvalue weighted by Gasteiger charge is -2.39. The monoisotopic (exact) mass is 652 g/mol. The molecular weight excluding hydrogens is 623 g/mol. The van der Waals surface area contributed by atoms with Crippen LogP contribution < -0.4 is 25.9 Å². The van der Waals surface area contributed by atoms with E-state index >= 15 is 0 Å². The fourth-order valence-electron chi connectivity index (χ4n) is 8.07. The zero-order chi connectivity index (χ0) is 33.5. The molecule has 0 unspecified atom stereocenters. The first-order valence-corrected chi connectivity index (χ1v) is 17.4. The van der Waals surface area contributed by atoms with Crippen molar-refractivity contribution in [2.24, 2.45) is 0 Å². The highest BCUT2D eigenvalue weighted by Gasteiger charge is 2.37. The molecule has 2 aliphatic rings. The van der Waals surface area contributed by atoms with E-state index in [0.717, 1.165) is 74.7 Å². The summed E-state index contributed by atoms with van der Waals surface area (Å²) in [6.07, 6.45) is 0.